The smallest absolute Gasteiger partial charge is 0.254 e. The Hall–Kier alpha value is -2.60. The van der Waals surface area contributed by atoms with E-state index < -0.39 is 11.4 Å². The van der Waals surface area contributed by atoms with Crippen LogP contribution in [0.25, 0.3) is 0 Å². The minimum Gasteiger partial charge on any atom is -0.494 e. The van der Waals surface area contributed by atoms with Crippen molar-refractivity contribution in [1.29, 1.82) is 0 Å². The zero-order valence-corrected chi connectivity index (χ0v) is 14.9. The number of halogens is 1. The van der Waals surface area contributed by atoms with Crippen LogP contribution in [-0.4, -0.2) is 48.3 Å². The van der Waals surface area contributed by atoms with E-state index in [1.165, 1.54) is 24.1 Å². The van der Waals surface area contributed by atoms with Crippen LogP contribution in [0.2, 0.25) is 0 Å². The number of likely N-dealkylation sites (tertiary alicyclic amines) is 1. The SMILES string of the molecule is COc1ccc(C(=O)N2CC[C@](O)(COc3cccc(C)c3)C2)cc1F. The van der Waals surface area contributed by atoms with Gasteiger partial charge >= 0.3 is 0 Å². The van der Waals surface area contributed by atoms with Gasteiger partial charge in [0.15, 0.2) is 11.6 Å². The molecule has 1 fully saturated rings. The van der Waals surface area contributed by atoms with Crippen LogP contribution < -0.4 is 9.47 Å². The van der Waals surface area contributed by atoms with Crippen LogP contribution in [0.5, 0.6) is 11.5 Å². The van der Waals surface area contributed by atoms with Crippen molar-refractivity contribution in [2.75, 3.05) is 26.8 Å². The Morgan fingerprint density at radius 3 is 2.81 bits per heavy atom. The molecule has 2 aromatic rings. The summed E-state index contributed by atoms with van der Waals surface area (Å²) in [6.45, 7) is 2.59. The van der Waals surface area contributed by atoms with Crippen LogP contribution in [0, 0.1) is 12.7 Å². The Bertz CT molecular complexity index is 810. The number of carbonyl (C=O) groups excluding carboxylic acids is 1. The largest absolute Gasteiger partial charge is 0.494 e. The average molecular weight is 359 g/mol. The molecule has 1 aliphatic rings. The van der Waals surface area contributed by atoms with Gasteiger partial charge in [-0.15, -0.1) is 0 Å². The number of β-amino-alcohol motifs (C(OH)–C–C–N with tert-alkyl or cyclic N) is 1. The summed E-state index contributed by atoms with van der Waals surface area (Å²) in [5, 5.41) is 10.7. The Balaban J connectivity index is 1.63. The molecular formula is C20H22FNO4. The van der Waals surface area contributed by atoms with Crippen molar-refractivity contribution < 1.29 is 23.8 Å². The van der Waals surface area contributed by atoms with Crippen molar-refractivity contribution in [3.63, 3.8) is 0 Å². The minimum atomic E-state index is -1.12. The lowest BCUT2D eigenvalue weighted by molar-refractivity contribution is 0.00429. The lowest BCUT2D eigenvalue weighted by atomic mass is 10.1. The number of hydrogen-bond donors (Lipinski definition) is 1. The molecule has 26 heavy (non-hydrogen) atoms. The molecule has 1 heterocycles. The quantitative estimate of drug-likeness (QED) is 0.892. The van der Waals surface area contributed by atoms with Crippen LogP contribution >= 0.6 is 0 Å². The number of benzene rings is 2. The third-order valence-electron chi connectivity index (χ3n) is 4.52. The highest BCUT2D eigenvalue weighted by Crippen LogP contribution is 2.26. The fourth-order valence-electron chi connectivity index (χ4n) is 3.05. The first-order chi connectivity index (χ1) is 12.4. The predicted molar refractivity (Wildman–Crippen MR) is 95.1 cm³/mol. The second-order valence-electron chi connectivity index (χ2n) is 6.66. The van der Waals surface area contributed by atoms with Crippen LogP contribution in [0.4, 0.5) is 4.39 Å². The molecule has 1 atom stereocenters. The fraction of sp³-hybridized carbons (Fsp3) is 0.350. The summed E-state index contributed by atoms with van der Waals surface area (Å²) >= 11 is 0. The van der Waals surface area contributed by atoms with Gasteiger partial charge in [-0.1, -0.05) is 12.1 Å². The minimum absolute atomic E-state index is 0.0889. The first-order valence-corrected chi connectivity index (χ1v) is 8.45. The number of aliphatic hydroxyl groups is 1. The third kappa shape index (κ3) is 3.96. The second-order valence-corrected chi connectivity index (χ2v) is 6.66. The number of methoxy groups -OCH3 is 1. The molecule has 1 amide bonds. The van der Waals surface area contributed by atoms with E-state index in [0.29, 0.717) is 18.7 Å². The lowest BCUT2D eigenvalue weighted by Gasteiger charge is -2.24. The number of ether oxygens (including phenoxy) is 2. The van der Waals surface area contributed by atoms with Crippen molar-refractivity contribution in [2.45, 2.75) is 18.9 Å². The molecule has 0 aliphatic carbocycles. The molecule has 0 radical (unpaired) electrons. The number of hydrogen-bond acceptors (Lipinski definition) is 4. The molecule has 2 aromatic carbocycles. The Labute approximate surface area is 152 Å². The van der Waals surface area contributed by atoms with Gasteiger partial charge in [0.25, 0.3) is 5.91 Å². The molecule has 3 rings (SSSR count). The maximum atomic E-state index is 13.8. The van der Waals surface area contributed by atoms with Gasteiger partial charge in [0, 0.05) is 12.1 Å². The van der Waals surface area contributed by atoms with E-state index in [1.807, 2.05) is 31.2 Å². The van der Waals surface area contributed by atoms with Crippen LogP contribution in [-0.2, 0) is 0 Å². The molecule has 0 aromatic heterocycles. The van der Waals surface area contributed by atoms with E-state index in [4.69, 9.17) is 9.47 Å². The Morgan fingerprint density at radius 1 is 1.31 bits per heavy atom. The van der Waals surface area contributed by atoms with E-state index in [-0.39, 0.29) is 30.4 Å². The molecule has 0 unspecified atom stereocenters. The van der Waals surface area contributed by atoms with Gasteiger partial charge in [-0.05, 0) is 49.2 Å². The maximum Gasteiger partial charge on any atom is 0.254 e. The fourth-order valence-corrected chi connectivity index (χ4v) is 3.05. The summed E-state index contributed by atoms with van der Waals surface area (Å²) < 4.78 is 24.4. The summed E-state index contributed by atoms with van der Waals surface area (Å²) in [4.78, 5) is 14.1. The van der Waals surface area contributed by atoms with E-state index in [1.54, 1.807) is 0 Å². The molecule has 6 heteroatoms. The molecule has 0 saturated carbocycles. The summed E-state index contributed by atoms with van der Waals surface area (Å²) in [6, 6.07) is 11.7. The van der Waals surface area contributed by atoms with Crippen molar-refractivity contribution in [2.24, 2.45) is 0 Å². The van der Waals surface area contributed by atoms with Crippen LogP contribution in [0.1, 0.15) is 22.3 Å². The topological polar surface area (TPSA) is 59.0 Å². The number of aryl methyl sites for hydroxylation is 1. The van der Waals surface area contributed by atoms with E-state index in [0.717, 1.165) is 11.6 Å². The Morgan fingerprint density at radius 2 is 2.12 bits per heavy atom. The van der Waals surface area contributed by atoms with Gasteiger partial charge in [0.1, 0.15) is 18.0 Å². The first kappa shape index (κ1) is 18.2. The molecular weight excluding hydrogens is 337 g/mol. The first-order valence-electron chi connectivity index (χ1n) is 8.45. The van der Waals surface area contributed by atoms with Crippen molar-refractivity contribution in [3.8, 4) is 11.5 Å². The average Bonchev–Trinajstić information content (AvgIpc) is 3.02. The monoisotopic (exact) mass is 359 g/mol. The molecule has 0 spiro atoms. The highest BCUT2D eigenvalue weighted by Gasteiger charge is 2.39. The van der Waals surface area contributed by atoms with Gasteiger partial charge in [-0.3, -0.25) is 4.79 Å². The summed E-state index contributed by atoms with van der Waals surface area (Å²) in [5.41, 5.74) is 0.177. The van der Waals surface area contributed by atoms with Crippen molar-refractivity contribution in [1.82, 2.24) is 4.90 Å². The van der Waals surface area contributed by atoms with Crippen LogP contribution in [0.15, 0.2) is 42.5 Å². The lowest BCUT2D eigenvalue weighted by Crippen LogP contribution is -2.40. The zero-order valence-electron chi connectivity index (χ0n) is 14.9. The zero-order chi connectivity index (χ0) is 18.7. The van der Waals surface area contributed by atoms with Gasteiger partial charge in [0.2, 0.25) is 0 Å². The predicted octanol–water partition coefficient (Wildman–Crippen LogP) is 2.80. The number of amides is 1. The van der Waals surface area contributed by atoms with Gasteiger partial charge in [-0.2, -0.15) is 0 Å². The van der Waals surface area contributed by atoms with Gasteiger partial charge in [-0.25, -0.2) is 4.39 Å². The molecule has 0 bridgehead atoms. The number of carbonyl (C=O) groups is 1. The molecule has 138 valence electrons. The highest BCUT2D eigenvalue weighted by molar-refractivity contribution is 5.94. The van der Waals surface area contributed by atoms with E-state index in [9.17, 15) is 14.3 Å². The molecule has 1 N–H and O–H groups in total. The summed E-state index contributed by atoms with van der Waals surface area (Å²) in [5.74, 6) is -0.139. The summed E-state index contributed by atoms with van der Waals surface area (Å²) in [6.07, 6.45) is 0.406. The van der Waals surface area contributed by atoms with Gasteiger partial charge < -0.3 is 19.5 Å². The second kappa shape index (κ2) is 7.33. The molecule has 1 saturated heterocycles. The third-order valence-corrected chi connectivity index (χ3v) is 4.52. The summed E-state index contributed by atoms with van der Waals surface area (Å²) in [7, 11) is 1.37. The van der Waals surface area contributed by atoms with E-state index >= 15 is 0 Å². The number of rotatable bonds is 5. The van der Waals surface area contributed by atoms with E-state index in [2.05, 4.69) is 0 Å². The highest BCUT2D eigenvalue weighted by atomic mass is 19.1. The van der Waals surface area contributed by atoms with Gasteiger partial charge in [0.05, 0.1) is 13.7 Å². The number of nitrogens with zero attached hydrogens (tertiary/aromatic N) is 1. The Kier molecular flexibility index (Phi) is 5.13. The molecule has 1 aliphatic heterocycles. The molecule has 5 nitrogen and oxygen atoms in total. The van der Waals surface area contributed by atoms with Crippen molar-refractivity contribution in [3.05, 3.63) is 59.4 Å². The standard InChI is InChI=1S/C20H22FNO4/c1-14-4-3-5-16(10-14)26-13-20(24)8-9-22(12-20)19(23)15-6-7-18(25-2)17(21)11-15/h3-7,10-11,24H,8-9,12-13H2,1-2H3/t20-/m1/s1. The van der Waals surface area contributed by atoms with Crippen molar-refractivity contribution >= 4 is 5.91 Å². The maximum absolute atomic E-state index is 13.8. The normalized spacial score (nSPS) is 19.5. The van der Waals surface area contributed by atoms with Crippen LogP contribution in [0.3, 0.4) is 0 Å².